The summed E-state index contributed by atoms with van der Waals surface area (Å²) in [5, 5.41) is 1.31. The Morgan fingerprint density at radius 2 is 1.39 bits per heavy atom. The van der Waals surface area contributed by atoms with Crippen LogP contribution in [-0.4, -0.2) is 93.9 Å². The fourth-order valence-electron chi connectivity index (χ4n) is 9.39. The molecule has 1 atom stereocenters. The monoisotopic (exact) mass is 997 g/mol. The van der Waals surface area contributed by atoms with Gasteiger partial charge in [0.1, 0.15) is 11.4 Å². The standard InChI is InChI=1S/C45H47N3O15S4/c1-6-46-33-19-17-30-32(24-28(66(57,58)59)26-36(30)67(60,61)62)43(33)44(2,3)37(46)13-9-7-10-14-38-45(4,5)42-31-23-27(65(54,55)56)25-35(64(52)53)29(31)16-18-34(42)47(38)22-12-8-11-15-41(51)63-48-39(49)20-21-40(48)50/h7,9-10,13-14,16-19,23-26H,6,8,11-12,15,20-22H2,1-5H3,(H3-,52,53,54,55,56,57,58,59,60,61,62). The molecule has 1 fully saturated rings. The van der Waals surface area contributed by atoms with Crippen LogP contribution in [0, 0.1) is 0 Å². The van der Waals surface area contributed by atoms with E-state index in [9.17, 15) is 62.1 Å². The average Bonchev–Trinajstić information content (AvgIpc) is 3.75. The number of hydroxylamine groups is 2. The summed E-state index contributed by atoms with van der Waals surface area (Å²) in [4.78, 5) is 40.9. The van der Waals surface area contributed by atoms with E-state index in [-0.39, 0.29) is 40.3 Å². The SMILES string of the molecule is CCN1C(=CC=CC=CC2=[N+](CCCCCC(=O)ON3C(=O)CCC3=O)c3ccc4c(S(=O)[O-])cc(S(=O)(=O)O)cc4c3C2(C)C)C(C)(C)c2c1ccc1c(S(=O)(=O)O)cc(S(=O)(=O)O)cc21. The highest BCUT2D eigenvalue weighted by Crippen LogP contribution is 2.52. The Bertz CT molecular complexity index is 3300. The largest absolute Gasteiger partial charge is 0.768 e. The fourth-order valence-corrected chi connectivity index (χ4v) is 11.9. The molecule has 2 amide bonds. The van der Waals surface area contributed by atoms with Crippen LogP contribution in [0.5, 0.6) is 0 Å². The van der Waals surface area contributed by atoms with E-state index in [1.54, 1.807) is 36.4 Å². The first kappa shape index (κ1) is 49.4. The summed E-state index contributed by atoms with van der Waals surface area (Å²) in [6.45, 7) is 10.3. The van der Waals surface area contributed by atoms with Crippen LogP contribution in [-0.2, 0) is 71.5 Å². The molecule has 67 heavy (non-hydrogen) atoms. The van der Waals surface area contributed by atoms with Gasteiger partial charge in [0.25, 0.3) is 42.2 Å². The number of benzene rings is 4. The number of carbonyl (C=O) groups is 3. The van der Waals surface area contributed by atoms with Gasteiger partial charge in [0, 0.05) is 77.0 Å². The van der Waals surface area contributed by atoms with Crippen LogP contribution in [0.4, 0.5) is 11.4 Å². The maximum atomic E-state index is 12.5. The Morgan fingerprint density at radius 1 is 0.776 bits per heavy atom. The third kappa shape index (κ3) is 9.28. The molecule has 0 aromatic heterocycles. The van der Waals surface area contributed by atoms with Crippen LogP contribution in [0.1, 0.15) is 84.3 Å². The molecule has 0 spiro atoms. The van der Waals surface area contributed by atoms with Crippen LogP contribution in [0.15, 0.2) is 104 Å². The number of nitrogens with zero attached hydrogens (tertiary/aromatic N) is 3. The number of hydrogen-bond donors (Lipinski definition) is 3. The molecule has 4 aromatic carbocycles. The highest BCUT2D eigenvalue weighted by Gasteiger charge is 2.46. The van der Waals surface area contributed by atoms with Crippen molar-refractivity contribution in [1.82, 2.24) is 5.06 Å². The second-order valence-electron chi connectivity index (χ2n) is 17.3. The smallest absolute Gasteiger partial charge is 0.333 e. The lowest BCUT2D eigenvalue weighted by Crippen LogP contribution is -2.31. The molecule has 22 heteroatoms. The number of rotatable bonds is 15. The zero-order valence-corrected chi connectivity index (χ0v) is 40.1. The van der Waals surface area contributed by atoms with E-state index < -0.39 is 84.7 Å². The van der Waals surface area contributed by atoms with Gasteiger partial charge in [-0.3, -0.25) is 27.5 Å². The quantitative estimate of drug-likeness (QED) is 0.0293. The van der Waals surface area contributed by atoms with Crippen molar-refractivity contribution in [2.45, 2.75) is 104 Å². The second-order valence-corrected chi connectivity index (χ2v) is 22.4. The molecule has 1 saturated heterocycles. The summed E-state index contributed by atoms with van der Waals surface area (Å²) in [6.07, 6.45) is 10.3. The van der Waals surface area contributed by atoms with E-state index in [1.165, 1.54) is 18.2 Å². The Kier molecular flexibility index (Phi) is 13.2. The van der Waals surface area contributed by atoms with Crippen LogP contribution < -0.4 is 4.90 Å². The second kappa shape index (κ2) is 17.9. The molecule has 0 saturated carbocycles. The Morgan fingerprint density at radius 3 is 1.99 bits per heavy atom. The highest BCUT2D eigenvalue weighted by atomic mass is 32.2. The molecular weight excluding hydrogens is 951 g/mol. The van der Waals surface area contributed by atoms with Gasteiger partial charge in [-0.15, -0.1) is 5.06 Å². The summed E-state index contributed by atoms with van der Waals surface area (Å²) < 4.78 is 131. The van der Waals surface area contributed by atoms with Gasteiger partial charge in [-0.05, 0) is 109 Å². The molecule has 3 heterocycles. The summed E-state index contributed by atoms with van der Waals surface area (Å²) in [5.41, 5.74) is 2.19. The number of unbranched alkanes of at least 4 members (excludes halogenated alkanes) is 2. The van der Waals surface area contributed by atoms with Gasteiger partial charge in [0.2, 0.25) is 5.69 Å². The number of hydrogen-bond acceptors (Lipinski definition) is 13. The van der Waals surface area contributed by atoms with Gasteiger partial charge in [-0.2, -0.15) is 29.8 Å². The van der Waals surface area contributed by atoms with Crippen molar-refractivity contribution in [2.75, 3.05) is 18.0 Å². The number of allylic oxidation sites excluding steroid dienone is 6. The predicted octanol–water partition coefficient (Wildman–Crippen LogP) is 6.33. The van der Waals surface area contributed by atoms with Gasteiger partial charge in [0.05, 0.1) is 15.2 Å². The van der Waals surface area contributed by atoms with E-state index in [0.717, 1.165) is 17.5 Å². The highest BCUT2D eigenvalue weighted by molar-refractivity contribution is 7.87. The van der Waals surface area contributed by atoms with Gasteiger partial charge in [0.15, 0.2) is 5.71 Å². The first-order chi connectivity index (χ1) is 31.2. The average molecular weight is 998 g/mol. The Hall–Kier alpha value is -5.46. The number of carbonyl (C=O) groups excluding carboxylic acids is 3. The zero-order chi connectivity index (χ0) is 49.2. The Balaban J connectivity index is 1.24. The van der Waals surface area contributed by atoms with Gasteiger partial charge in [-0.1, -0.05) is 38.1 Å². The van der Waals surface area contributed by atoms with E-state index in [4.69, 9.17) is 4.84 Å². The molecule has 1 unspecified atom stereocenters. The molecule has 7 rings (SSSR count). The molecule has 4 aromatic rings. The van der Waals surface area contributed by atoms with Crippen molar-refractivity contribution >= 4 is 97.8 Å². The minimum Gasteiger partial charge on any atom is -0.768 e. The lowest BCUT2D eigenvalue weighted by molar-refractivity contribution is -0.438. The van der Waals surface area contributed by atoms with Crippen molar-refractivity contribution in [3.05, 3.63) is 95.7 Å². The number of amides is 2. The molecule has 18 nitrogen and oxygen atoms in total. The summed E-state index contributed by atoms with van der Waals surface area (Å²) in [7, 11) is -14.6. The van der Waals surface area contributed by atoms with Crippen LogP contribution >= 0.6 is 0 Å². The van der Waals surface area contributed by atoms with Gasteiger partial charge >= 0.3 is 5.97 Å². The molecule has 0 bridgehead atoms. The number of imide groups is 1. The third-order valence-corrected chi connectivity index (χ3v) is 15.6. The summed E-state index contributed by atoms with van der Waals surface area (Å²) >= 11 is -2.88. The number of fused-ring (bicyclic) bond motifs is 6. The molecule has 356 valence electrons. The van der Waals surface area contributed by atoms with Crippen LogP contribution in [0.2, 0.25) is 0 Å². The van der Waals surface area contributed by atoms with Gasteiger partial charge < -0.3 is 14.3 Å². The lowest BCUT2D eigenvalue weighted by atomic mass is 9.79. The number of likely N-dealkylation sites (N-methyl/N-ethyl adjacent to an activating group) is 1. The van der Waals surface area contributed by atoms with Crippen LogP contribution in [0.25, 0.3) is 21.5 Å². The summed E-state index contributed by atoms with van der Waals surface area (Å²) in [6, 6.07) is 10.5. The fraction of sp³-hybridized carbons (Fsp3) is 0.333. The Labute approximate surface area is 389 Å². The molecule has 3 N–H and O–H groups in total. The van der Waals surface area contributed by atoms with Gasteiger partial charge in [-0.25, -0.2) is 4.79 Å². The third-order valence-electron chi connectivity index (χ3n) is 12.4. The minimum absolute atomic E-state index is 0.0274. The molecule has 3 aliphatic rings. The first-order valence-electron chi connectivity index (χ1n) is 21.0. The predicted molar refractivity (Wildman–Crippen MR) is 245 cm³/mol. The van der Waals surface area contributed by atoms with Crippen molar-refractivity contribution in [3.8, 4) is 0 Å². The maximum absolute atomic E-state index is 12.5. The zero-order valence-electron chi connectivity index (χ0n) is 36.9. The molecule has 3 aliphatic heterocycles. The van der Waals surface area contributed by atoms with E-state index >= 15 is 0 Å². The minimum atomic E-state index is -4.92. The van der Waals surface area contributed by atoms with Crippen molar-refractivity contribution in [2.24, 2.45) is 0 Å². The van der Waals surface area contributed by atoms with E-state index in [2.05, 4.69) is 0 Å². The van der Waals surface area contributed by atoms with E-state index in [0.29, 0.717) is 71.4 Å². The van der Waals surface area contributed by atoms with E-state index in [1.807, 2.05) is 56.2 Å². The maximum Gasteiger partial charge on any atom is 0.333 e. The topological polar surface area (TPSA) is 273 Å². The van der Waals surface area contributed by atoms with Crippen molar-refractivity contribution in [3.63, 3.8) is 0 Å². The summed E-state index contributed by atoms with van der Waals surface area (Å²) in [5.74, 6) is -1.88. The molecule has 0 radical (unpaired) electrons. The number of anilines is 1. The first-order valence-corrected chi connectivity index (χ1v) is 26.4. The molecule has 0 aliphatic carbocycles. The normalized spacial score (nSPS) is 18.4. The lowest BCUT2D eigenvalue weighted by Gasteiger charge is -2.26. The van der Waals surface area contributed by atoms with Crippen molar-refractivity contribution in [1.29, 1.82) is 0 Å². The van der Waals surface area contributed by atoms with Crippen molar-refractivity contribution < 1.29 is 71.5 Å². The molecular formula is C45H47N3O15S4. The van der Waals surface area contributed by atoms with Crippen LogP contribution in [0.3, 0.4) is 0 Å².